The van der Waals surface area contributed by atoms with Crippen LogP contribution in [0.1, 0.15) is 54.3 Å². The first-order valence-corrected chi connectivity index (χ1v) is 14.3. The van der Waals surface area contributed by atoms with Crippen molar-refractivity contribution in [3.63, 3.8) is 0 Å². The molecule has 1 aliphatic heterocycles. The summed E-state index contributed by atoms with van der Waals surface area (Å²) < 4.78 is 39.6. The number of hydrogen-bond acceptors (Lipinski definition) is 6. The van der Waals surface area contributed by atoms with E-state index in [4.69, 9.17) is 21.1 Å². The van der Waals surface area contributed by atoms with Gasteiger partial charge >= 0.3 is 0 Å². The molecule has 37 heavy (non-hydrogen) atoms. The van der Waals surface area contributed by atoms with Gasteiger partial charge in [-0.2, -0.15) is 0 Å². The maximum atomic E-state index is 13.6. The molecule has 1 amide bonds. The molecule has 0 spiro atoms. The summed E-state index contributed by atoms with van der Waals surface area (Å²) in [7, 11) is -2.22. The lowest BCUT2D eigenvalue weighted by Gasteiger charge is -2.27. The topological polar surface area (TPSA) is 90.7 Å². The van der Waals surface area contributed by atoms with Crippen LogP contribution in [0.15, 0.2) is 59.9 Å². The van der Waals surface area contributed by atoms with E-state index in [2.05, 4.69) is 4.98 Å². The fraction of sp³-hybridized carbons (Fsp3) is 0.407. The van der Waals surface area contributed by atoms with Crippen LogP contribution >= 0.6 is 11.6 Å². The summed E-state index contributed by atoms with van der Waals surface area (Å²) in [6.07, 6.45) is 3.29. The lowest BCUT2D eigenvalue weighted by Crippen LogP contribution is -2.37. The van der Waals surface area contributed by atoms with Crippen LogP contribution in [0.4, 0.5) is 0 Å². The molecule has 3 aromatic rings. The van der Waals surface area contributed by atoms with E-state index in [0.29, 0.717) is 40.7 Å². The van der Waals surface area contributed by atoms with E-state index in [-0.39, 0.29) is 35.5 Å². The van der Waals surface area contributed by atoms with Gasteiger partial charge in [-0.1, -0.05) is 29.8 Å². The van der Waals surface area contributed by atoms with Crippen LogP contribution in [0.5, 0.6) is 5.75 Å². The Labute approximate surface area is 223 Å². The number of imidazole rings is 1. The SMILES string of the molecule is COc1cccc(C(=O)N(Cc2cnc(S(=O)(=O)Cc3cccc(Cl)c3)n2C(C)C)C[C@H]2CCCO2)c1. The van der Waals surface area contributed by atoms with E-state index in [9.17, 15) is 13.2 Å². The normalized spacial score (nSPS) is 15.8. The van der Waals surface area contributed by atoms with E-state index < -0.39 is 9.84 Å². The Morgan fingerprint density at radius 3 is 2.70 bits per heavy atom. The zero-order chi connectivity index (χ0) is 26.6. The predicted octanol–water partition coefficient (Wildman–Crippen LogP) is 4.92. The minimum absolute atomic E-state index is 0.0247. The molecular formula is C27H32ClN3O5S. The van der Waals surface area contributed by atoms with Crippen molar-refractivity contribution in [2.45, 2.75) is 56.3 Å². The second-order valence-corrected chi connectivity index (χ2v) is 11.8. The van der Waals surface area contributed by atoms with Gasteiger partial charge in [-0.3, -0.25) is 4.79 Å². The molecule has 10 heteroatoms. The number of amides is 1. The highest BCUT2D eigenvalue weighted by Gasteiger charge is 2.29. The minimum atomic E-state index is -3.78. The maximum Gasteiger partial charge on any atom is 0.254 e. The van der Waals surface area contributed by atoms with Gasteiger partial charge in [0.2, 0.25) is 15.0 Å². The smallest absolute Gasteiger partial charge is 0.254 e. The highest BCUT2D eigenvalue weighted by molar-refractivity contribution is 7.90. The van der Waals surface area contributed by atoms with Crippen molar-refractivity contribution >= 4 is 27.3 Å². The number of sulfone groups is 1. The molecule has 0 N–H and O–H groups in total. The van der Waals surface area contributed by atoms with Gasteiger partial charge in [-0.15, -0.1) is 0 Å². The molecule has 4 rings (SSSR count). The zero-order valence-electron chi connectivity index (χ0n) is 21.3. The summed E-state index contributed by atoms with van der Waals surface area (Å²) in [4.78, 5) is 19.6. The second kappa shape index (κ2) is 11.7. The highest BCUT2D eigenvalue weighted by Crippen LogP contribution is 2.25. The number of benzene rings is 2. The molecule has 1 fully saturated rings. The van der Waals surface area contributed by atoms with Gasteiger partial charge in [0.25, 0.3) is 5.91 Å². The number of halogens is 1. The van der Waals surface area contributed by atoms with Crippen molar-refractivity contribution in [3.05, 3.63) is 76.6 Å². The molecule has 0 bridgehead atoms. The van der Waals surface area contributed by atoms with Gasteiger partial charge in [-0.05, 0) is 62.6 Å². The van der Waals surface area contributed by atoms with Crippen LogP contribution < -0.4 is 4.74 Å². The average molecular weight is 546 g/mol. The van der Waals surface area contributed by atoms with Gasteiger partial charge in [0, 0.05) is 29.8 Å². The molecule has 8 nitrogen and oxygen atoms in total. The summed E-state index contributed by atoms with van der Waals surface area (Å²) in [6, 6.07) is 13.6. The van der Waals surface area contributed by atoms with Gasteiger partial charge in [0.15, 0.2) is 0 Å². The van der Waals surface area contributed by atoms with E-state index >= 15 is 0 Å². The van der Waals surface area contributed by atoms with E-state index in [0.717, 1.165) is 12.8 Å². The highest BCUT2D eigenvalue weighted by atomic mass is 35.5. The van der Waals surface area contributed by atoms with Crippen LogP contribution in [0.3, 0.4) is 0 Å². The standard InChI is InChI=1S/C27H32ClN3O5S/c1-19(2)31-23(15-29-27(31)37(33,34)18-20-7-4-9-22(28)13-20)16-30(17-25-11-6-12-36-25)26(32)21-8-5-10-24(14-21)35-3/h4-5,7-10,13-15,19,25H,6,11-12,16-18H2,1-3H3/t25-/m1/s1. The summed E-state index contributed by atoms with van der Waals surface area (Å²) in [5, 5.41) is 0.449. The molecule has 1 aliphatic rings. The molecule has 0 unspecified atom stereocenters. The number of rotatable bonds is 10. The second-order valence-electron chi connectivity index (χ2n) is 9.44. The molecule has 0 radical (unpaired) electrons. The molecule has 1 atom stereocenters. The molecule has 0 saturated carbocycles. The van der Waals surface area contributed by atoms with Crippen molar-refractivity contribution in [2.24, 2.45) is 0 Å². The number of methoxy groups -OCH3 is 1. The van der Waals surface area contributed by atoms with Crippen LogP contribution in [0.2, 0.25) is 5.02 Å². The summed E-state index contributed by atoms with van der Waals surface area (Å²) >= 11 is 6.06. The molecule has 2 heterocycles. The average Bonchev–Trinajstić information content (AvgIpc) is 3.53. The molecular weight excluding hydrogens is 514 g/mol. The largest absolute Gasteiger partial charge is 0.497 e. The predicted molar refractivity (Wildman–Crippen MR) is 142 cm³/mol. The Bertz CT molecular complexity index is 1350. The Morgan fingerprint density at radius 2 is 2.03 bits per heavy atom. The van der Waals surface area contributed by atoms with Crippen molar-refractivity contribution in [1.82, 2.24) is 14.5 Å². The Balaban J connectivity index is 1.66. The van der Waals surface area contributed by atoms with Gasteiger partial charge in [0.05, 0.1) is 37.4 Å². The van der Waals surface area contributed by atoms with Crippen LogP contribution in [-0.4, -0.2) is 55.1 Å². The number of aromatic nitrogens is 2. The molecule has 0 aliphatic carbocycles. The summed E-state index contributed by atoms with van der Waals surface area (Å²) in [5.74, 6) is 0.179. The first-order chi connectivity index (χ1) is 17.7. The fourth-order valence-corrected chi connectivity index (χ4v) is 6.38. The van der Waals surface area contributed by atoms with E-state index in [1.54, 1.807) is 71.3 Å². The van der Waals surface area contributed by atoms with E-state index in [1.165, 1.54) is 0 Å². The van der Waals surface area contributed by atoms with E-state index in [1.807, 2.05) is 13.8 Å². The molecule has 1 aromatic heterocycles. The first-order valence-electron chi connectivity index (χ1n) is 12.3. The fourth-order valence-electron chi connectivity index (χ4n) is 4.57. The van der Waals surface area contributed by atoms with Gasteiger partial charge < -0.3 is 18.9 Å². The van der Waals surface area contributed by atoms with Crippen LogP contribution in [0.25, 0.3) is 0 Å². The Hall–Kier alpha value is -2.88. The van der Waals surface area contributed by atoms with Gasteiger partial charge in [-0.25, -0.2) is 13.4 Å². The number of carbonyl (C=O) groups excluding carboxylic acids is 1. The van der Waals surface area contributed by atoms with Crippen LogP contribution in [-0.2, 0) is 26.9 Å². The zero-order valence-corrected chi connectivity index (χ0v) is 22.8. The van der Waals surface area contributed by atoms with Crippen molar-refractivity contribution in [2.75, 3.05) is 20.3 Å². The van der Waals surface area contributed by atoms with Crippen molar-refractivity contribution < 1.29 is 22.7 Å². The van der Waals surface area contributed by atoms with Gasteiger partial charge in [0.1, 0.15) is 5.75 Å². The number of hydrogen-bond donors (Lipinski definition) is 0. The lowest BCUT2D eigenvalue weighted by molar-refractivity contribution is 0.0500. The molecule has 1 saturated heterocycles. The number of ether oxygens (including phenoxy) is 2. The molecule has 198 valence electrons. The summed E-state index contributed by atoms with van der Waals surface area (Å²) in [6.45, 7) is 5.05. The molecule has 2 aromatic carbocycles. The monoisotopic (exact) mass is 545 g/mol. The minimum Gasteiger partial charge on any atom is -0.497 e. The van der Waals surface area contributed by atoms with Crippen LogP contribution in [0, 0.1) is 0 Å². The van der Waals surface area contributed by atoms with Crippen molar-refractivity contribution in [3.8, 4) is 5.75 Å². The quantitative estimate of drug-likeness (QED) is 0.359. The van der Waals surface area contributed by atoms with Crippen molar-refractivity contribution in [1.29, 1.82) is 0 Å². The maximum absolute atomic E-state index is 13.6. The summed E-state index contributed by atoms with van der Waals surface area (Å²) in [5.41, 5.74) is 1.70. The first kappa shape index (κ1) is 27.2. The Morgan fingerprint density at radius 1 is 1.24 bits per heavy atom. The number of nitrogens with zero attached hydrogens (tertiary/aromatic N) is 3. The lowest BCUT2D eigenvalue weighted by atomic mass is 10.1. The number of carbonyl (C=O) groups is 1. The third kappa shape index (κ3) is 6.52. The third-order valence-corrected chi connectivity index (χ3v) is 8.09. The third-order valence-electron chi connectivity index (χ3n) is 6.28. The Kier molecular flexibility index (Phi) is 8.56.